The van der Waals surface area contributed by atoms with Crippen LogP contribution in [0.2, 0.25) is 0 Å². The second kappa shape index (κ2) is 6.83. The van der Waals surface area contributed by atoms with Crippen LogP contribution < -0.4 is 10.5 Å². The Hall–Kier alpha value is -3.63. The van der Waals surface area contributed by atoms with Gasteiger partial charge in [0.05, 0.1) is 22.5 Å². The highest BCUT2D eigenvalue weighted by molar-refractivity contribution is 5.88. The molecule has 4 rings (SSSR count). The molecule has 1 aliphatic rings. The second-order valence-corrected chi connectivity index (χ2v) is 6.64. The fourth-order valence-corrected chi connectivity index (χ4v) is 3.72. The Morgan fingerprint density at radius 3 is 2.71 bits per heavy atom. The number of hydrogen-bond acceptors (Lipinski definition) is 5. The molecule has 7 nitrogen and oxygen atoms in total. The van der Waals surface area contributed by atoms with E-state index in [1.54, 1.807) is 17.0 Å². The molecule has 0 bridgehead atoms. The van der Waals surface area contributed by atoms with E-state index in [1.165, 1.54) is 12.1 Å². The monoisotopic (exact) mass is 375 g/mol. The molecule has 0 amide bonds. The van der Waals surface area contributed by atoms with Crippen molar-refractivity contribution >= 4 is 22.6 Å². The van der Waals surface area contributed by atoms with E-state index < -0.39 is 5.97 Å². The summed E-state index contributed by atoms with van der Waals surface area (Å²) in [6, 6.07) is 12.6. The van der Waals surface area contributed by atoms with Gasteiger partial charge in [0.1, 0.15) is 12.4 Å². The number of carboxylic acids is 1. The van der Waals surface area contributed by atoms with E-state index in [1.807, 2.05) is 12.1 Å². The molecule has 0 spiro atoms. The number of rotatable bonds is 4. The van der Waals surface area contributed by atoms with Gasteiger partial charge in [-0.3, -0.25) is 9.69 Å². The van der Waals surface area contributed by atoms with Crippen molar-refractivity contribution in [3.05, 3.63) is 69.3 Å². The predicted octanol–water partition coefficient (Wildman–Crippen LogP) is 2.20. The summed E-state index contributed by atoms with van der Waals surface area (Å²) in [4.78, 5) is 32.0. The second-order valence-electron chi connectivity index (χ2n) is 6.64. The average Bonchev–Trinajstić information content (AvgIpc) is 3.10. The molecule has 1 aliphatic carbocycles. The third kappa shape index (κ3) is 2.90. The number of aromatic carboxylic acids is 1. The number of hydrogen-bond donors (Lipinski definition) is 3. The zero-order chi connectivity index (χ0) is 19.8. The van der Waals surface area contributed by atoms with E-state index in [4.69, 9.17) is 11.5 Å². The van der Waals surface area contributed by atoms with Crippen molar-refractivity contribution < 1.29 is 15.0 Å². The molecule has 2 aromatic carbocycles. The lowest BCUT2D eigenvalue weighted by Gasteiger charge is -2.26. The van der Waals surface area contributed by atoms with E-state index in [9.17, 15) is 14.7 Å². The number of fused-ring (bicyclic) bond motifs is 2. The first-order chi connectivity index (χ1) is 13.5. The summed E-state index contributed by atoms with van der Waals surface area (Å²) in [5.74, 6) is -0.763. The third-order valence-electron chi connectivity index (χ3n) is 5.05. The minimum atomic E-state index is -0.995. The molecule has 1 heterocycles. The van der Waals surface area contributed by atoms with Crippen LogP contribution in [0.3, 0.4) is 0 Å². The summed E-state index contributed by atoms with van der Waals surface area (Å²) in [6.07, 6.45) is 7.32. The van der Waals surface area contributed by atoms with E-state index in [0.717, 1.165) is 24.0 Å². The number of nitrogens with one attached hydrogen (secondary N) is 1. The SMILES string of the molecule is C#CN(c1ccc(C(=O)O)cc1)C1CCc2cc3nc(CO)[nH]c(=O)c3cc21. The zero-order valence-electron chi connectivity index (χ0n) is 14.8. The summed E-state index contributed by atoms with van der Waals surface area (Å²) < 4.78 is 0. The molecule has 3 N–H and O–H groups in total. The molecule has 1 aromatic heterocycles. The summed E-state index contributed by atoms with van der Waals surface area (Å²) in [5, 5.41) is 18.8. The van der Waals surface area contributed by atoms with Crippen molar-refractivity contribution in [3.8, 4) is 12.5 Å². The fraction of sp³-hybridized carbons (Fsp3) is 0.190. The third-order valence-corrected chi connectivity index (χ3v) is 5.05. The van der Waals surface area contributed by atoms with Gasteiger partial charge in [-0.2, -0.15) is 0 Å². The van der Waals surface area contributed by atoms with Crippen LogP contribution in [-0.2, 0) is 13.0 Å². The lowest BCUT2D eigenvalue weighted by atomic mass is 10.0. The predicted molar refractivity (Wildman–Crippen MR) is 104 cm³/mol. The van der Waals surface area contributed by atoms with Gasteiger partial charge in [-0.15, -0.1) is 0 Å². The summed E-state index contributed by atoms with van der Waals surface area (Å²) in [7, 11) is 0. The number of anilines is 1. The zero-order valence-corrected chi connectivity index (χ0v) is 14.8. The van der Waals surface area contributed by atoms with Crippen LogP contribution in [0, 0.1) is 12.5 Å². The van der Waals surface area contributed by atoms with Gasteiger partial charge >= 0.3 is 5.97 Å². The maximum atomic E-state index is 12.4. The lowest BCUT2D eigenvalue weighted by Crippen LogP contribution is -2.22. The van der Waals surface area contributed by atoms with Crippen LogP contribution >= 0.6 is 0 Å². The van der Waals surface area contributed by atoms with Crippen LogP contribution in [-0.4, -0.2) is 26.2 Å². The summed E-state index contributed by atoms with van der Waals surface area (Å²) >= 11 is 0. The first-order valence-electron chi connectivity index (χ1n) is 8.77. The molecule has 28 heavy (non-hydrogen) atoms. The van der Waals surface area contributed by atoms with Gasteiger partial charge < -0.3 is 15.2 Å². The number of terminal acetylenes is 1. The highest BCUT2D eigenvalue weighted by Crippen LogP contribution is 2.39. The van der Waals surface area contributed by atoms with Crippen molar-refractivity contribution in [1.82, 2.24) is 9.97 Å². The fourth-order valence-electron chi connectivity index (χ4n) is 3.72. The van der Waals surface area contributed by atoms with Gasteiger partial charge in [0.25, 0.3) is 5.56 Å². The number of aliphatic hydroxyl groups is 1. The maximum absolute atomic E-state index is 12.4. The number of aliphatic hydroxyl groups excluding tert-OH is 1. The van der Waals surface area contributed by atoms with Gasteiger partial charge in [-0.1, -0.05) is 6.42 Å². The van der Waals surface area contributed by atoms with Crippen molar-refractivity contribution in [1.29, 1.82) is 0 Å². The normalized spacial score (nSPS) is 15.2. The minimum Gasteiger partial charge on any atom is -0.478 e. The van der Waals surface area contributed by atoms with Crippen LogP contribution in [0.25, 0.3) is 10.9 Å². The summed E-state index contributed by atoms with van der Waals surface area (Å²) in [6.45, 7) is -0.331. The quantitative estimate of drug-likeness (QED) is 0.477. The van der Waals surface area contributed by atoms with Crippen LogP contribution in [0.1, 0.15) is 39.8 Å². The molecule has 0 saturated carbocycles. The molecule has 140 valence electrons. The summed E-state index contributed by atoms with van der Waals surface area (Å²) in [5.41, 5.74) is 3.16. The number of aryl methyl sites for hydroxylation is 1. The van der Waals surface area contributed by atoms with E-state index in [-0.39, 0.29) is 29.6 Å². The average molecular weight is 375 g/mol. The number of aromatic nitrogens is 2. The van der Waals surface area contributed by atoms with Crippen molar-refractivity contribution in [2.24, 2.45) is 0 Å². The Bertz CT molecular complexity index is 1180. The smallest absolute Gasteiger partial charge is 0.335 e. The molecule has 3 aromatic rings. The maximum Gasteiger partial charge on any atom is 0.335 e. The van der Waals surface area contributed by atoms with E-state index in [0.29, 0.717) is 16.6 Å². The number of carboxylic acid groups (broad SMARTS) is 1. The number of nitrogens with zero attached hydrogens (tertiary/aromatic N) is 2. The Morgan fingerprint density at radius 2 is 2.07 bits per heavy atom. The number of H-pyrrole nitrogens is 1. The molecule has 0 saturated heterocycles. The molecule has 1 unspecified atom stereocenters. The molecule has 0 radical (unpaired) electrons. The van der Waals surface area contributed by atoms with Gasteiger partial charge in [0.2, 0.25) is 0 Å². The van der Waals surface area contributed by atoms with Crippen LogP contribution in [0.5, 0.6) is 0 Å². The Labute approximate surface area is 160 Å². The standard InChI is InChI=1S/C21H17N3O4/c1-2-24(14-6-3-12(4-7-14)21(27)28)18-8-5-13-9-17-16(10-15(13)18)20(26)23-19(11-25)22-17/h1,3-4,6-7,9-10,18,25H,5,8,11H2,(H,27,28)(H,22,23,26). The molecular formula is C21H17N3O4. The number of benzene rings is 2. The van der Waals surface area contributed by atoms with E-state index in [2.05, 4.69) is 16.0 Å². The number of aromatic amines is 1. The van der Waals surface area contributed by atoms with Crippen LogP contribution in [0.15, 0.2) is 41.2 Å². The van der Waals surface area contributed by atoms with Crippen molar-refractivity contribution in [3.63, 3.8) is 0 Å². The largest absolute Gasteiger partial charge is 0.478 e. The first-order valence-corrected chi connectivity index (χ1v) is 8.77. The van der Waals surface area contributed by atoms with E-state index >= 15 is 0 Å². The molecule has 7 heteroatoms. The van der Waals surface area contributed by atoms with Crippen molar-refractivity contribution in [2.75, 3.05) is 4.90 Å². The van der Waals surface area contributed by atoms with Crippen LogP contribution in [0.4, 0.5) is 5.69 Å². The molecular weight excluding hydrogens is 358 g/mol. The first kappa shape index (κ1) is 17.8. The Balaban J connectivity index is 1.77. The van der Waals surface area contributed by atoms with Gasteiger partial charge in [0, 0.05) is 11.7 Å². The Kier molecular flexibility index (Phi) is 4.34. The minimum absolute atomic E-state index is 0.128. The van der Waals surface area contributed by atoms with Gasteiger partial charge in [0.15, 0.2) is 0 Å². The molecule has 1 atom stereocenters. The Morgan fingerprint density at radius 1 is 1.32 bits per heavy atom. The topological polar surface area (TPSA) is 107 Å². The van der Waals surface area contributed by atoms with Gasteiger partial charge in [-0.25, -0.2) is 9.78 Å². The number of carbonyl (C=O) groups is 1. The molecule has 0 aliphatic heterocycles. The van der Waals surface area contributed by atoms with Crippen molar-refractivity contribution in [2.45, 2.75) is 25.5 Å². The van der Waals surface area contributed by atoms with Gasteiger partial charge in [-0.05, 0) is 60.4 Å². The highest BCUT2D eigenvalue weighted by Gasteiger charge is 2.29. The molecule has 0 fully saturated rings. The highest BCUT2D eigenvalue weighted by atomic mass is 16.4. The lowest BCUT2D eigenvalue weighted by molar-refractivity contribution is 0.0697.